The van der Waals surface area contributed by atoms with E-state index in [1.54, 1.807) is 6.92 Å². The number of carbonyl (C=O) groups is 1. The highest BCUT2D eigenvalue weighted by Crippen LogP contribution is 2.28. The zero-order chi connectivity index (χ0) is 13.7. The van der Waals surface area contributed by atoms with Gasteiger partial charge in [-0.1, -0.05) is 32.6 Å². The van der Waals surface area contributed by atoms with Crippen LogP contribution in [0.15, 0.2) is 0 Å². The fourth-order valence-corrected chi connectivity index (χ4v) is 3.99. The third kappa shape index (κ3) is 4.48. The lowest BCUT2D eigenvalue weighted by atomic mass is 9.86. The minimum absolute atomic E-state index is 0.130. The minimum atomic E-state index is 0.130. The van der Waals surface area contributed by atoms with Crippen LogP contribution in [0.5, 0.6) is 0 Å². The van der Waals surface area contributed by atoms with Gasteiger partial charge in [-0.05, 0) is 31.6 Å². The lowest BCUT2D eigenvalue weighted by Crippen LogP contribution is -2.53. The first kappa shape index (κ1) is 14.8. The van der Waals surface area contributed by atoms with Crippen LogP contribution in [-0.4, -0.2) is 36.0 Å². The highest BCUT2D eigenvalue weighted by Gasteiger charge is 2.31. The SMILES string of the molecule is CCCC1CC(NC(C)=O)CN(C2CCCCC2)C1. The van der Waals surface area contributed by atoms with Crippen LogP contribution in [0.1, 0.15) is 65.2 Å². The van der Waals surface area contributed by atoms with E-state index >= 15 is 0 Å². The van der Waals surface area contributed by atoms with Crippen LogP contribution in [-0.2, 0) is 4.79 Å². The Bertz CT molecular complexity index is 286. The van der Waals surface area contributed by atoms with Crippen molar-refractivity contribution < 1.29 is 4.79 Å². The molecule has 3 nitrogen and oxygen atoms in total. The average molecular weight is 266 g/mol. The Balaban J connectivity index is 1.94. The molecule has 2 aliphatic rings. The average Bonchev–Trinajstić information content (AvgIpc) is 2.39. The third-order valence-corrected chi connectivity index (χ3v) is 4.76. The predicted molar refractivity (Wildman–Crippen MR) is 79.1 cm³/mol. The Morgan fingerprint density at radius 1 is 1.21 bits per heavy atom. The molecule has 1 saturated carbocycles. The van der Waals surface area contributed by atoms with Crippen molar-refractivity contribution in [1.82, 2.24) is 10.2 Å². The van der Waals surface area contributed by atoms with Crippen molar-refractivity contribution in [3.05, 3.63) is 0 Å². The van der Waals surface area contributed by atoms with Crippen molar-refractivity contribution in [2.75, 3.05) is 13.1 Å². The van der Waals surface area contributed by atoms with E-state index < -0.39 is 0 Å². The van der Waals surface area contributed by atoms with Crippen LogP contribution in [0.3, 0.4) is 0 Å². The molecule has 1 heterocycles. The molecule has 0 spiro atoms. The second-order valence-corrected chi connectivity index (χ2v) is 6.53. The standard InChI is InChI=1S/C16H30N2O/c1-3-7-14-10-15(17-13(2)19)12-18(11-14)16-8-5-4-6-9-16/h14-16H,3-12H2,1-2H3,(H,17,19). The normalized spacial score (nSPS) is 30.2. The summed E-state index contributed by atoms with van der Waals surface area (Å²) < 4.78 is 0. The van der Waals surface area contributed by atoms with Gasteiger partial charge in [-0.15, -0.1) is 0 Å². The molecule has 2 atom stereocenters. The molecule has 0 aromatic heterocycles. The van der Waals surface area contributed by atoms with Gasteiger partial charge in [-0.25, -0.2) is 0 Å². The van der Waals surface area contributed by atoms with Crippen LogP contribution in [0.4, 0.5) is 0 Å². The summed E-state index contributed by atoms with van der Waals surface area (Å²) >= 11 is 0. The number of carbonyl (C=O) groups excluding carboxylic acids is 1. The van der Waals surface area contributed by atoms with Gasteiger partial charge in [0.05, 0.1) is 0 Å². The Labute approximate surface area is 118 Å². The maximum atomic E-state index is 11.3. The molecule has 19 heavy (non-hydrogen) atoms. The van der Waals surface area contributed by atoms with Gasteiger partial charge in [0, 0.05) is 32.1 Å². The van der Waals surface area contributed by atoms with Crippen molar-refractivity contribution in [1.29, 1.82) is 0 Å². The summed E-state index contributed by atoms with van der Waals surface area (Å²) in [5, 5.41) is 3.16. The molecule has 110 valence electrons. The summed E-state index contributed by atoms with van der Waals surface area (Å²) in [7, 11) is 0. The minimum Gasteiger partial charge on any atom is -0.352 e. The Morgan fingerprint density at radius 3 is 2.58 bits per heavy atom. The Morgan fingerprint density at radius 2 is 1.95 bits per heavy atom. The fourth-order valence-electron chi connectivity index (χ4n) is 3.99. The van der Waals surface area contributed by atoms with Gasteiger partial charge in [0.2, 0.25) is 5.91 Å². The second-order valence-electron chi connectivity index (χ2n) is 6.53. The number of rotatable bonds is 4. The molecule has 1 aliphatic carbocycles. The molecule has 2 rings (SSSR count). The van der Waals surface area contributed by atoms with E-state index in [1.807, 2.05) is 0 Å². The highest BCUT2D eigenvalue weighted by molar-refractivity contribution is 5.73. The number of hydrogen-bond donors (Lipinski definition) is 1. The van der Waals surface area contributed by atoms with Crippen molar-refractivity contribution in [3.8, 4) is 0 Å². The second kappa shape index (κ2) is 7.28. The largest absolute Gasteiger partial charge is 0.352 e. The number of likely N-dealkylation sites (tertiary alicyclic amines) is 1. The zero-order valence-corrected chi connectivity index (χ0v) is 12.7. The van der Waals surface area contributed by atoms with Crippen LogP contribution in [0.25, 0.3) is 0 Å². The van der Waals surface area contributed by atoms with E-state index in [0.29, 0.717) is 6.04 Å². The molecule has 0 bridgehead atoms. The van der Waals surface area contributed by atoms with Gasteiger partial charge in [-0.2, -0.15) is 0 Å². The maximum Gasteiger partial charge on any atom is 0.217 e. The van der Waals surface area contributed by atoms with E-state index in [4.69, 9.17) is 0 Å². The molecule has 1 N–H and O–H groups in total. The summed E-state index contributed by atoms with van der Waals surface area (Å²) in [5.41, 5.74) is 0. The Hall–Kier alpha value is -0.570. The first-order valence-corrected chi connectivity index (χ1v) is 8.20. The molecular weight excluding hydrogens is 236 g/mol. The number of nitrogens with one attached hydrogen (secondary N) is 1. The third-order valence-electron chi connectivity index (χ3n) is 4.76. The van der Waals surface area contributed by atoms with E-state index in [9.17, 15) is 4.79 Å². The molecule has 3 heteroatoms. The van der Waals surface area contributed by atoms with Crippen molar-refractivity contribution >= 4 is 5.91 Å². The molecule has 1 saturated heterocycles. The van der Waals surface area contributed by atoms with E-state index in [2.05, 4.69) is 17.1 Å². The van der Waals surface area contributed by atoms with Crippen LogP contribution in [0.2, 0.25) is 0 Å². The van der Waals surface area contributed by atoms with E-state index in [0.717, 1.165) is 18.5 Å². The van der Waals surface area contributed by atoms with Crippen molar-refractivity contribution in [3.63, 3.8) is 0 Å². The maximum absolute atomic E-state index is 11.3. The lowest BCUT2D eigenvalue weighted by Gasteiger charge is -2.43. The number of piperidine rings is 1. The molecule has 2 unspecified atom stereocenters. The van der Waals surface area contributed by atoms with Crippen LogP contribution in [0, 0.1) is 5.92 Å². The highest BCUT2D eigenvalue weighted by atomic mass is 16.1. The van der Waals surface area contributed by atoms with Crippen molar-refractivity contribution in [2.45, 2.75) is 77.3 Å². The molecule has 0 aromatic carbocycles. The van der Waals surface area contributed by atoms with Gasteiger partial charge in [0.15, 0.2) is 0 Å². The fraction of sp³-hybridized carbons (Fsp3) is 0.938. The molecule has 0 radical (unpaired) electrons. The van der Waals surface area contributed by atoms with Gasteiger partial charge in [0.25, 0.3) is 0 Å². The number of nitrogens with zero attached hydrogens (tertiary/aromatic N) is 1. The summed E-state index contributed by atoms with van der Waals surface area (Å²) in [6, 6.07) is 1.16. The Kier molecular flexibility index (Phi) is 5.68. The molecule has 0 aromatic rings. The first-order chi connectivity index (χ1) is 9.19. The monoisotopic (exact) mass is 266 g/mol. The van der Waals surface area contributed by atoms with Crippen molar-refractivity contribution in [2.24, 2.45) is 5.92 Å². The summed E-state index contributed by atoms with van der Waals surface area (Å²) in [6.45, 7) is 6.25. The molecule has 1 aliphatic heterocycles. The first-order valence-electron chi connectivity index (χ1n) is 8.20. The summed E-state index contributed by atoms with van der Waals surface area (Å²) in [5.74, 6) is 0.906. The zero-order valence-electron chi connectivity index (χ0n) is 12.7. The summed E-state index contributed by atoms with van der Waals surface area (Å²) in [6.07, 6.45) is 10.7. The molecule has 1 amide bonds. The number of hydrogen-bond acceptors (Lipinski definition) is 2. The summed E-state index contributed by atoms with van der Waals surface area (Å²) in [4.78, 5) is 14.0. The quantitative estimate of drug-likeness (QED) is 0.848. The van der Waals surface area contributed by atoms with Crippen LogP contribution < -0.4 is 5.32 Å². The van der Waals surface area contributed by atoms with E-state index in [-0.39, 0.29) is 5.91 Å². The van der Waals surface area contributed by atoms with E-state index in [1.165, 1.54) is 57.9 Å². The smallest absolute Gasteiger partial charge is 0.217 e. The van der Waals surface area contributed by atoms with Gasteiger partial charge in [-0.3, -0.25) is 9.69 Å². The molecular formula is C16H30N2O. The lowest BCUT2D eigenvalue weighted by molar-refractivity contribution is -0.120. The van der Waals surface area contributed by atoms with Gasteiger partial charge < -0.3 is 5.32 Å². The van der Waals surface area contributed by atoms with Crippen LogP contribution >= 0.6 is 0 Å². The topological polar surface area (TPSA) is 32.3 Å². The molecule has 2 fully saturated rings. The number of amides is 1. The van der Waals surface area contributed by atoms with Gasteiger partial charge >= 0.3 is 0 Å². The predicted octanol–water partition coefficient (Wildman–Crippen LogP) is 2.95. The van der Waals surface area contributed by atoms with Gasteiger partial charge in [0.1, 0.15) is 0 Å².